The average Bonchev–Trinajstić information content (AvgIpc) is 2.70. The van der Waals surface area contributed by atoms with Crippen LogP contribution in [0.25, 0.3) is 16.8 Å². The quantitative estimate of drug-likeness (QED) is 0.534. The van der Waals surface area contributed by atoms with Crippen LogP contribution in [-0.2, 0) is 16.3 Å². The van der Waals surface area contributed by atoms with Crippen molar-refractivity contribution < 1.29 is 17.2 Å². The molecular formula is C23H24F2N2O3S. The zero-order valence-electron chi connectivity index (χ0n) is 17.6. The fourth-order valence-electron chi connectivity index (χ4n) is 3.35. The van der Waals surface area contributed by atoms with Gasteiger partial charge in [-0.1, -0.05) is 32.4 Å². The summed E-state index contributed by atoms with van der Waals surface area (Å²) >= 11 is 0. The fourth-order valence-corrected chi connectivity index (χ4v) is 3.98. The summed E-state index contributed by atoms with van der Waals surface area (Å²) in [5, 5.41) is 4.17. The Morgan fingerprint density at radius 3 is 2.29 bits per heavy atom. The van der Waals surface area contributed by atoms with E-state index in [9.17, 15) is 22.0 Å². The predicted octanol–water partition coefficient (Wildman–Crippen LogP) is 4.56. The number of aromatic nitrogens is 2. The standard InChI is InChI=1S/C23H24F2N2O3S/c1-15(2)5-4-6-19-20(16-7-10-18(11-8-16)31(3,29)30)14-26-27(23(19)28)17-9-12-21(24)22(25)13-17/h7-15H,4-6H2,1-3H3. The van der Waals surface area contributed by atoms with E-state index in [0.29, 0.717) is 29.0 Å². The summed E-state index contributed by atoms with van der Waals surface area (Å²) in [5.41, 5.74) is 1.46. The summed E-state index contributed by atoms with van der Waals surface area (Å²) in [6.45, 7) is 4.19. The number of nitrogens with zero attached hydrogens (tertiary/aromatic N) is 2. The second kappa shape index (κ2) is 9.09. The van der Waals surface area contributed by atoms with Crippen molar-refractivity contribution in [3.05, 3.63) is 76.2 Å². The maximum Gasteiger partial charge on any atom is 0.275 e. The number of sulfone groups is 1. The van der Waals surface area contributed by atoms with Gasteiger partial charge in [-0.05, 0) is 48.6 Å². The molecule has 31 heavy (non-hydrogen) atoms. The molecule has 164 valence electrons. The molecule has 0 unspecified atom stereocenters. The van der Waals surface area contributed by atoms with Crippen LogP contribution in [0.4, 0.5) is 8.78 Å². The van der Waals surface area contributed by atoms with Crippen molar-refractivity contribution in [1.29, 1.82) is 0 Å². The molecule has 1 heterocycles. The Labute approximate surface area is 180 Å². The number of benzene rings is 2. The van der Waals surface area contributed by atoms with Crippen LogP contribution in [0.5, 0.6) is 0 Å². The van der Waals surface area contributed by atoms with Gasteiger partial charge in [0.05, 0.1) is 16.8 Å². The summed E-state index contributed by atoms with van der Waals surface area (Å²) in [7, 11) is -3.34. The molecule has 0 N–H and O–H groups in total. The molecule has 0 saturated heterocycles. The lowest BCUT2D eigenvalue weighted by molar-refractivity contribution is 0.507. The number of hydrogen-bond acceptors (Lipinski definition) is 4. The van der Waals surface area contributed by atoms with Gasteiger partial charge >= 0.3 is 0 Å². The van der Waals surface area contributed by atoms with Crippen molar-refractivity contribution in [3.8, 4) is 16.8 Å². The van der Waals surface area contributed by atoms with Gasteiger partial charge < -0.3 is 0 Å². The predicted molar refractivity (Wildman–Crippen MR) is 116 cm³/mol. The topological polar surface area (TPSA) is 69.0 Å². The molecule has 0 bridgehead atoms. The van der Waals surface area contributed by atoms with Crippen LogP contribution in [0.2, 0.25) is 0 Å². The first-order chi connectivity index (χ1) is 14.6. The fraction of sp³-hybridized carbons (Fsp3) is 0.304. The third-order valence-corrected chi connectivity index (χ3v) is 6.16. The van der Waals surface area contributed by atoms with E-state index in [1.54, 1.807) is 12.1 Å². The Morgan fingerprint density at radius 2 is 1.71 bits per heavy atom. The highest BCUT2D eigenvalue weighted by Gasteiger charge is 2.16. The molecule has 0 spiro atoms. The van der Waals surface area contributed by atoms with E-state index in [-0.39, 0.29) is 10.6 Å². The Balaban J connectivity index is 2.11. The van der Waals surface area contributed by atoms with Crippen molar-refractivity contribution >= 4 is 9.84 Å². The van der Waals surface area contributed by atoms with E-state index in [4.69, 9.17) is 0 Å². The molecule has 0 aliphatic carbocycles. The highest BCUT2D eigenvalue weighted by Crippen LogP contribution is 2.25. The largest absolute Gasteiger partial charge is 0.275 e. The van der Waals surface area contributed by atoms with Crippen LogP contribution in [0.15, 0.2) is 58.4 Å². The molecule has 0 amide bonds. The minimum absolute atomic E-state index is 0.132. The first kappa shape index (κ1) is 22.8. The van der Waals surface area contributed by atoms with Gasteiger partial charge in [0.2, 0.25) is 0 Å². The number of halogens is 2. The van der Waals surface area contributed by atoms with Crippen molar-refractivity contribution in [2.45, 2.75) is 38.0 Å². The van der Waals surface area contributed by atoms with Crippen LogP contribution in [0.3, 0.4) is 0 Å². The van der Waals surface area contributed by atoms with Gasteiger partial charge in [-0.2, -0.15) is 9.78 Å². The summed E-state index contributed by atoms with van der Waals surface area (Å²) in [4.78, 5) is 13.4. The van der Waals surface area contributed by atoms with Crippen molar-refractivity contribution in [1.82, 2.24) is 9.78 Å². The van der Waals surface area contributed by atoms with E-state index >= 15 is 0 Å². The average molecular weight is 447 g/mol. The Bertz CT molecular complexity index is 1250. The van der Waals surface area contributed by atoms with E-state index < -0.39 is 27.0 Å². The molecule has 0 aliphatic heterocycles. The van der Waals surface area contributed by atoms with Gasteiger partial charge in [-0.3, -0.25) is 4.79 Å². The van der Waals surface area contributed by atoms with Gasteiger partial charge in [0.15, 0.2) is 21.5 Å². The molecule has 3 rings (SSSR count). The maximum absolute atomic E-state index is 13.7. The molecule has 2 aromatic carbocycles. The van der Waals surface area contributed by atoms with E-state index in [2.05, 4.69) is 18.9 Å². The van der Waals surface area contributed by atoms with Crippen LogP contribution in [-0.4, -0.2) is 24.5 Å². The minimum Gasteiger partial charge on any atom is -0.267 e. The Kier molecular flexibility index (Phi) is 6.69. The van der Waals surface area contributed by atoms with Gasteiger partial charge in [0.1, 0.15) is 0 Å². The first-order valence-corrected chi connectivity index (χ1v) is 11.8. The molecule has 1 aromatic heterocycles. The van der Waals surface area contributed by atoms with E-state index in [1.165, 1.54) is 24.4 Å². The normalized spacial score (nSPS) is 11.8. The number of hydrogen-bond donors (Lipinski definition) is 0. The summed E-state index contributed by atoms with van der Waals surface area (Å²) < 4.78 is 51.5. The summed E-state index contributed by atoms with van der Waals surface area (Å²) in [6, 6.07) is 9.44. The molecule has 0 radical (unpaired) electrons. The van der Waals surface area contributed by atoms with Crippen molar-refractivity contribution in [3.63, 3.8) is 0 Å². The highest BCUT2D eigenvalue weighted by molar-refractivity contribution is 7.90. The molecule has 0 fully saturated rings. The monoisotopic (exact) mass is 446 g/mol. The lowest BCUT2D eigenvalue weighted by Gasteiger charge is -2.13. The molecule has 5 nitrogen and oxygen atoms in total. The van der Waals surface area contributed by atoms with Crippen molar-refractivity contribution in [2.24, 2.45) is 5.92 Å². The van der Waals surface area contributed by atoms with Crippen LogP contribution >= 0.6 is 0 Å². The second-order valence-corrected chi connectivity index (χ2v) is 9.95. The van der Waals surface area contributed by atoms with E-state index in [1.807, 2.05) is 0 Å². The first-order valence-electron chi connectivity index (χ1n) is 9.95. The van der Waals surface area contributed by atoms with Gasteiger partial charge in [-0.25, -0.2) is 17.2 Å². The highest BCUT2D eigenvalue weighted by atomic mass is 32.2. The zero-order chi connectivity index (χ0) is 22.8. The molecule has 0 atom stereocenters. The SMILES string of the molecule is CC(C)CCCc1c(-c2ccc(S(C)(=O)=O)cc2)cnn(-c2ccc(F)c(F)c2)c1=O. The molecule has 8 heteroatoms. The van der Waals surface area contributed by atoms with Gasteiger partial charge in [0.25, 0.3) is 5.56 Å². The Hall–Kier alpha value is -2.87. The van der Waals surface area contributed by atoms with Crippen LogP contribution < -0.4 is 5.56 Å². The minimum atomic E-state index is -3.34. The Morgan fingerprint density at radius 1 is 1.03 bits per heavy atom. The van der Waals surface area contributed by atoms with Crippen LogP contribution in [0.1, 0.15) is 32.3 Å². The number of rotatable bonds is 7. The molecule has 0 saturated carbocycles. The van der Waals surface area contributed by atoms with Gasteiger partial charge in [-0.15, -0.1) is 0 Å². The third kappa shape index (κ3) is 5.25. The second-order valence-electron chi connectivity index (χ2n) is 7.93. The maximum atomic E-state index is 13.7. The lowest BCUT2D eigenvalue weighted by Crippen LogP contribution is -2.26. The zero-order valence-corrected chi connectivity index (χ0v) is 18.4. The lowest BCUT2D eigenvalue weighted by atomic mass is 9.97. The molecule has 3 aromatic rings. The van der Waals surface area contributed by atoms with Crippen LogP contribution in [0, 0.1) is 17.6 Å². The van der Waals surface area contributed by atoms with Gasteiger partial charge in [0, 0.05) is 23.4 Å². The summed E-state index contributed by atoms with van der Waals surface area (Å²) in [6.07, 6.45) is 4.79. The van der Waals surface area contributed by atoms with E-state index in [0.717, 1.165) is 35.9 Å². The molecular weight excluding hydrogens is 422 g/mol. The van der Waals surface area contributed by atoms with Crippen molar-refractivity contribution in [2.75, 3.05) is 6.26 Å². The smallest absolute Gasteiger partial charge is 0.267 e. The third-order valence-electron chi connectivity index (χ3n) is 5.03. The summed E-state index contributed by atoms with van der Waals surface area (Å²) in [5.74, 6) is -1.60. The molecule has 0 aliphatic rings.